The molecule has 0 aliphatic rings. The average Bonchev–Trinajstić information content (AvgIpc) is 2.98. The summed E-state index contributed by atoms with van der Waals surface area (Å²) in [5.74, 6) is 6.69. The predicted octanol–water partition coefficient (Wildman–Crippen LogP) is 3.19. The Bertz CT molecular complexity index is 814. The van der Waals surface area contributed by atoms with Crippen molar-refractivity contribution in [2.24, 2.45) is 5.73 Å². The molecule has 0 aliphatic heterocycles. The first-order valence-corrected chi connectivity index (χ1v) is 7.47. The van der Waals surface area contributed by atoms with E-state index in [2.05, 4.69) is 16.8 Å². The lowest BCUT2D eigenvalue weighted by Crippen LogP contribution is -1.93. The number of ether oxygens (including phenoxy) is 1. The highest BCUT2D eigenvalue weighted by Gasteiger charge is 2.01. The maximum Gasteiger partial charge on any atom is 0.122 e. The van der Waals surface area contributed by atoms with Gasteiger partial charge < -0.3 is 10.5 Å². The molecule has 0 saturated heterocycles. The number of hydrogen-bond donors (Lipinski definition) is 1. The van der Waals surface area contributed by atoms with Crippen LogP contribution in [0.5, 0.6) is 5.75 Å². The molecule has 3 nitrogen and oxygen atoms in total. The van der Waals surface area contributed by atoms with Crippen LogP contribution in [0.2, 0.25) is 0 Å². The Hall–Kier alpha value is -2.35. The molecule has 2 aromatic heterocycles. The summed E-state index contributed by atoms with van der Waals surface area (Å²) in [6.07, 6.45) is 1.79. The van der Waals surface area contributed by atoms with Gasteiger partial charge in [-0.25, -0.2) is 0 Å². The number of nitrogens with two attached hydrogens (primary N) is 1. The first kappa shape index (κ1) is 13.6. The number of rotatable bonds is 3. The molecule has 1 aromatic carbocycles. The lowest BCUT2D eigenvalue weighted by Gasteiger charge is -2.05. The smallest absolute Gasteiger partial charge is 0.122 e. The second-order valence-electron chi connectivity index (χ2n) is 4.45. The van der Waals surface area contributed by atoms with E-state index in [-0.39, 0.29) is 0 Å². The highest BCUT2D eigenvalue weighted by molar-refractivity contribution is 7.10. The van der Waals surface area contributed by atoms with Gasteiger partial charge in [-0.1, -0.05) is 17.9 Å². The third-order valence-electron chi connectivity index (χ3n) is 2.95. The normalized spacial score (nSPS) is 10.1. The Kier molecular flexibility index (Phi) is 4.15. The monoisotopic (exact) mass is 294 g/mol. The summed E-state index contributed by atoms with van der Waals surface area (Å²) in [7, 11) is 0. The van der Waals surface area contributed by atoms with Crippen molar-refractivity contribution in [3.05, 3.63) is 58.4 Å². The van der Waals surface area contributed by atoms with Crippen LogP contribution in [-0.4, -0.2) is 11.5 Å². The van der Waals surface area contributed by atoms with Gasteiger partial charge in [0.2, 0.25) is 0 Å². The summed E-state index contributed by atoms with van der Waals surface area (Å²) in [4.78, 5) is 5.46. The van der Waals surface area contributed by atoms with Crippen molar-refractivity contribution in [1.29, 1.82) is 0 Å². The molecule has 0 atom stereocenters. The molecule has 3 aromatic rings. The Balaban J connectivity index is 1.69. The summed E-state index contributed by atoms with van der Waals surface area (Å²) in [6, 6.07) is 11.9. The van der Waals surface area contributed by atoms with Crippen LogP contribution in [0.3, 0.4) is 0 Å². The topological polar surface area (TPSA) is 48.1 Å². The van der Waals surface area contributed by atoms with E-state index in [1.807, 2.05) is 41.8 Å². The molecule has 4 heteroatoms. The fraction of sp³-hybridized carbons (Fsp3) is 0.118. The molecule has 0 amide bonds. The molecular formula is C17H14N2OS. The maximum atomic E-state index is 5.82. The standard InChI is InChI=1S/C17H14N2OS/c18-7-1-3-13-9-16(21-12-13)11-20-15-6-5-14-4-2-8-19-17(14)10-15/h2,4-6,8-10,12H,7,11,18H2. The number of pyridine rings is 1. The van der Waals surface area contributed by atoms with Crippen molar-refractivity contribution in [3.8, 4) is 17.6 Å². The van der Waals surface area contributed by atoms with Crippen LogP contribution in [0.25, 0.3) is 10.9 Å². The van der Waals surface area contributed by atoms with Gasteiger partial charge in [0.25, 0.3) is 0 Å². The van der Waals surface area contributed by atoms with Gasteiger partial charge in [0, 0.05) is 33.5 Å². The molecule has 2 heterocycles. The zero-order chi connectivity index (χ0) is 14.5. The highest BCUT2D eigenvalue weighted by atomic mass is 32.1. The minimum absolute atomic E-state index is 0.381. The summed E-state index contributed by atoms with van der Waals surface area (Å²) in [5, 5.41) is 3.13. The van der Waals surface area contributed by atoms with Crippen molar-refractivity contribution < 1.29 is 4.74 Å². The molecule has 0 fully saturated rings. The van der Waals surface area contributed by atoms with Crippen LogP contribution in [-0.2, 0) is 6.61 Å². The minimum Gasteiger partial charge on any atom is -0.488 e. The summed E-state index contributed by atoms with van der Waals surface area (Å²) >= 11 is 1.64. The van der Waals surface area contributed by atoms with E-state index in [0.717, 1.165) is 27.1 Å². The van der Waals surface area contributed by atoms with E-state index in [1.165, 1.54) is 0 Å². The Morgan fingerprint density at radius 1 is 1.24 bits per heavy atom. The zero-order valence-electron chi connectivity index (χ0n) is 11.4. The van der Waals surface area contributed by atoms with Crippen LogP contribution in [0.1, 0.15) is 10.4 Å². The van der Waals surface area contributed by atoms with Gasteiger partial charge in [0.1, 0.15) is 12.4 Å². The van der Waals surface area contributed by atoms with Crippen LogP contribution in [0.15, 0.2) is 48.0 Å². The van der Waals surface area contributed by atoms with Crippen LogP contribution in [0.4, 0.5) is 0 Å². The molecule has 3 rings (SSSR count). The van der Waals surface area contributed by atoms with Crippen molar-refractivity contribution in [1.82, 2.24) is 4.98 Å². The number of thiophene rings is 1. The number of aromatic nitrogens is 1. The first-order valence-electron chi connectivity index (χ1n) is 6.59. The van der Waals surface area contributed by atoms with E-state index in [0.29, 0.717) is 13.2 Å². The molecule has 0 aliphatic carbocycles. The Morgan fingerprint density at radius 2 is 2.19 bits per heavy atom. The van der Waals surface area contributed by atoms with Crippen molar-refractivity contribution in [2.45, 2.75) is 6.61 Å². The molecular weight excluding hydrogens is 280 g/mol. The first-order chi connectivity index (χ1) is 10.3. The SMILES string of the molecule is NCC#Cc1csc(COc2ccc3cccnc3c2)c1. The molecule has 21 heavy (non-hydrogen) atoms. The number of benzene rings is 1. The number of hydrogen-bond acceptors (Lipinski definition) is 4. The zero-order valence-corrected chi connectivity index (χ0v) is 12.2. The molecule has 2 N–H and O–H groups in total. The van der Waals surface area contributed by atoms with E-state index in [1.54, 1.807) is 17.5 Å². The van der Waals surface area contributed by atoms with Gasteiger partial charge in [0.05, 0.1) is 12.1 Å². The second-order valence-corrected chi connectivity index (χ2v) is 5.45. The van der Waals surface area contributed by atoms with Crippen LogP contribution in [0, 0.1) is 11.8 Å². The number of nitrogens with zero attached hydrogens (tertiary/aromatic N) is 1. The van der Waals surface area contributed by atoms with Gasteiger partial charge in [0.15, 0.2) is 0 Å². The fourth-order valence-electron chi connectivity index (χ4n) is 1.97. The van der Waals surface area contributed by atoms with Gasteiger partial charge in [-0.3, -0.25) is 4.98 Å². The van der Waals surface area contributed by atoms with E-state index >= 15 is 0 Å². The highest BCUT2D eigenvalue weighted by Crippen LogP contribution is 2.21. The van der Waals surface area contributed by atoms with Crippen molar-refractivity contribution in [2.75, 3.05) is 6.54 Å². The molecule has 0 saturated carbocycles. The van der Waals surface area contributed by atoms with E-state index < -0.39 is 0 Å². The van der Waals surface area contributed by atoms with Crippen molar-refractivity contribution in [3.63, 3.8) is 0 Å². The predicted molar refractivity (Wildman–Crippen MR) is 86.3 cm³/mol. The third kappa shape index (κ3) is 3.40. The van der Waals surface area contributed by atoms with Crippen molar-refractivity contribution >= 4 is 22.2 Å². The van der Waals surface area contributed by atoms with Gasteiger partial charge >= 0.3 is 0 Å². The molecule has 0 radical (unpaired) electrons. The second kappa shape index (κ2) is 6.40. The van der Waals surface area contributed by atoms with Crippen LogP contribution >= 0.6 is 11.3 Å². The fourth-order valence-corrected chi connectivity index (χ4v) is 2.69. The number of fused-ring (bicyclic) bond motifs is 1. The van der Waals surface area contributed by atoms with E-state index in [9.17, 15) is 0 Å². The summed E-state index contributed by atoms with van der Waals surface area (Å²) in [5.41, 5.74) is 7.29. The van der Waals surface area contributed by atoms with Crippen LogP contribution < -0.4 is 10.5 Å². The maximum absolute atomic E-state index is 5.82. The lowest BCUT2D eigenvalue weighted by atomic mass is 10.2. The summed E-state index contributed by atoms with van der Waals surface area (Å²) < 4.78 is 5.82. The summed E-state index contributed by atoms with van der Waals surface area (Å²) in [6.45, 7) is 0.916. The molecule has 0 bridgehead atoms. The Morgan fingerprint density at radius 3 is 3.10 bits per heavy atom. The molecule has 104 valence electrons. The quantitative estimate of drug-likeness (QED) is 0.755. The Labute approximate surface area is 127 Å². The largest absolute Gasteiger partial charge is 0.488 e. The van der Waals surface area contributed by atoms with Gasteiger partial charge in [-0.15, -0.1) is 11.3 Å². The molecule has 0 spiro atoms. The van der Waals surface area contributed by atoms with Gasteiger partial charge in [-0.2, -0.15) is 0 Å². The minimum atomic E-state index is 0.381. The van der Waals surface area contributed by atoms with E-state index in [4.69, 9.17) is 10.5 Å². The lowest BCUT2D eigenvalue weighted by molar-refractivity contribution is 0.310. The third-order valence-corrected chi connectivity index (χ3v) is 3.86. The average molecular weight is 294 g/mol. The molecule has 0 unspecified atom stereocenters. The van der Waals surface area contributed by atoms with Gasteiger partial charge in [-0.05, 0) is 24.3 Å².